The molecular formula is C9H9ClN2O2S. The number of fused-ring (bicyclic) bond motifs is 1. The number of anilines is 1. The first-order valence-electron chi connectivity index (χ1n) is 4.42. The van der Waals surface area contributed by atoms with Gasteiger partial charge in [0.1, 0.15) is 0 Å². The molecule has 0 aromatic carbocycles. The zero-order valence-corrected chi connectivity index (χ0v) is 9.56. The molecule has 1 aromatic heterocycles. The number of halogens is 1. The van der Waals surface area contributed by atoms with Gasteiger partial charge in [0, 0.05) is 17.9 Å². The third-order valence-corrected chi connectivity index (χ3v) is 3.91. The van der Waals surface area contributed by atoms with Crippen molar-refractivity contribution in [2.45, 2.75) is 11.9 Å². The molecule has 2 rings (SSSR count). The van der Waals surface area contributed by atoms with E-state index >= 15 is 0 Å². The lowest BCUT2D eigenvalue weighted by atomic mass is 10.2. The number of carbonyl (C=O) groups excluding carboxylic acids is 1. The van der Waals surface area contributed by atoms with Crippen LogP contribution in [0.2, 0.25) is 5.02 Å². The zero-order chi connectivity index (χ0) is 11.0. The van der Waals surface area contributed by atoms with Gasteiger partial charge in [-0.15, -0.1) is 0 Å². The number of carbonyl (C=O) groups is 1. The van der Waals surface area contributed by atoms with E-state index in [1.54, 1.807) is 13.0 Å². The normalized spacial score (nSPS) is 25.3. The smallest absolute Gasteiger partial charge is 0.228 e. The molecule has 0 fully saturated rings. The molecule has 0 radical (unpaired) electrons. The highest BCUT2D eigenvalue weighted by Gasteiger charge is 2.25. The number of rotatable bonds is 0. The van der Waals surface area contributed by atoms with Gasteiger partial charge in [0.15, 0.2) is 5.03 Å². The van der Waals surface area contributed by atoms with Crippen LogP contribution in [0.4, 0.5) is 5.69 Å². The first-order valence-corrected chi connectivity index (χ1v) is 6.12. The van der Waals surface area contributed by atoms with Crippen LogP contribution in [0.25, 0.3) is 0 Å². The molecule has 1 aliphatic heterocycles. The van der Waals surface area contributed by atoms with E-state index in [2.05, 4.69) is 10.3 Å². The Morgan fingerprint density at radius 3 is 3.13 bits per heavy atom. The van der Waals surface area contributed by atoms with Crippen molar-refractivity contribution in [1.29, 1.82) is 0 Å². The van der Waals surface area contributed by atoms with E-state index in [1.165, 1.54) is 6.20 Å². The van der Waals surface area contributed by atoms with E-state index in [4.69, 9.17) is 11.6 Å². The molecule has 2 heterocycles. The van der Waals surface area contributed by atoms with Crippen molar-refractivity contribution in [2.75, 3.05) is 11.1 Å². The Kier molecular flexibility index (Phi) is 2.75. The van der Waals surface area contributed by atoms with Crippen molar-refractivity contribution in [1.82, 2.24) is 4.98 Å². The molecule has 0 saturated carbocycles. The predicted octanol–water partition coefficient (Wildman–Crippen LogP) is 1.43. The van der Waals surface area contributed by atoms with E-state index in [9.17, 15) is 9.00 Å². The fourth-order valence-corrected chi connectivity index (χ4v) is 2.78. The highest BCUT2D eigenvalue weighted by molar-refractivity contribution is 7.85. The van der Waals surface area contributed by atoms with Crippen LogP contribution in [0.3, 0.4) is 0 Å². The Balaban J connectivity index is 2.51. The lowest BCUT2D eigenvalue weighted by molar-refractivity contribution is -0.118. The van der Waals surface area contributed by atoms with Crippen molar-refractivity contribution >= 4 is 34.0 Å². The summed E-state index contributed by atoms with van der Waals surface area (Å²) < 4.78 is 11.8. The highest BCUT2D eigenvalue weighted by Crippen LogP contribution is 2.25. The molecule has 0 bridgehead atoms. The standard InChI is InChI=1S/C9H9ClN2O2S/c1-5-4-15(14)9-7(12-8(5)13)2-6(10)3-11-9/h2-3,5H,4H2,1H3,(H,12,13). The second-order valence-electron chi connectivity index (χ2n) is 3.41. The van der Waals surface area contributed by atoms with Crippen molar-refractivity contribution in [3.63, 3.8) is 0 Å². The first-order chi connectivity index (χ1) is 7.08. The van der Waals surface area contributed by atoms with Crippen LogP contribution < -0.4 is 5.32 Å². The van der Waals surface area contributed by atoms with Crippen molar-refractivity contribution < 1.29 is 9.00 Å². The second-order valence-corrected chi connectivity index (χ2v) is 5.26. The molecule has 1 aliphatic rings. The molecule has 2 unspecified atom stereocenters. The summed E-state index contributed by atoms with van der Waals surface area (Å²) in [6.45, 7) is 1.74. The van der Waals surface area contributed by atoms with Crippen LogP contribution in [0.1, 0.15) is 6.92 Å². The van der Waals surface area contributed by atoms with Gasteiger partial charge in [0.2, 0.25) is 5.91 Å². The molecule has 0 spiro atoms. The minimum absolute atomic E-state index is 0.147. The van der Waals surface area contributed by atoms with Gasteiger partial charge in [-0.25, -0.2) is 4.98 Å². The number of nitrogens with one attached hydrogen (secondary N) is 1. The average molecular weight is 245 g/mol. The molecule has 4 nitrogen and oxygen atoms in total. The number of amides is 1. The summed E-state index contributed by atoms with van der Waals surface area (Å²) in [6, 6.07) is 1.57. The van der Waals surface area contributed by atoms with Gasteiger partial charge in [0.25, 0.3) is 0 Å². The van der Waals surface area contributed by atoms with E-state index < -0.39 is 10.8 Å². The minimum atomic E-state index is -1.24. The Hall–Kier alpha value is -0.940. The maximum atomic E-state index is 11.8. The fourth-order valence-electron chi connectivity index (χ4n) is 1.34. The topological polar surface area (TPSA) is 59.1 Å². The summed E-state index contributed by atoms with van der Waals surface area (Å²) in [5.74, 6) is -0.127. The van der Waals surface area contributed by atoms with Gasteiger partial charge in [-0.05, 0) is 6.07 Å². The summed E-state index contributed by atoms with van der Waals surface area (Å²) in [6.07, 6.45) is 1.43. The molecule has 1 amide bonds. The van der Waals surface area contributed by atoms with Gasteiger partial charge in [-0.3, -0.25) is 9.00 Å². The van der Waals surface area contributed by atoms with E-state index in [-0.39, 0.29) is 11.8 Å². The molecule has 1 N–H and O–H groups in total. The third kappa shape index (κ3) is 2.03. The first kappa shape index (κ1) is 10.6. The van der Waals surface area contributed by atoms with E-state index in [0.717, 1.165) is 0 Å². The average Bonchev–Trinajstić information content (AvgIpc) is 2.25. The van der Waals surface area contributed by atoms with Crippen molar-refractivity contribution in [3.05, 3.63) is 17.3 Å². The molecule has 1 aromatic rings. The number of pyridine rings is 1. The largest absolute Gasteiger partial charge is 0.323 e. The SMILES string of the molecule is CC1CS(=O)c2ncc(Cl)cc2NC1=O. The van der Waals surface area contributed by atoms with Crippen LogP contribution in [0, 0.1) is 5.92 Å². The highest BCUT2D eigenvalue weighted by atomic mass is 35.5. The summed E-state index contributed by atoms with van der Waals surface area (Å²) in [4.78, 5) is 15.5. The summed E-state index contributed by atoms with van der Waals surface area (Å²) in [5, 5.41) is 3.48. The van der Waals surface area contributed by atoms with Crippen LogP contribution in [-0.4, -0.2) is 20.9 Å². The molecular weight excluding hydrogens is 236 g/mol. The van der Waals surface area contributed by atoms with Gasteiger partial charge in [-0.2, -0.15) is 0 Å². The Morgan fingerprint density at radius 1 is 1.67 bits per heavy atom. The lowest BCUT2D eigenvalue weighted by Crippen LogP contribution is -2.21. The second kappa shape index (κ2) is 3.90. The molecule has 6 heteroatoms. The van der Waals surface area contributed by atoms with E-state index in [0.29, 0.717) is 21.5 Å². The summed E-state index contributed by atoms with van der Waals surface area (Å²) >= 11 is 5.75. The number of hydrogen-bond acceptors (Lipinski definition) is 3. The molecule has 0 saturated heterocycles. The van der Waals surface area contributed by atoms with Crippen LogP contribution in [0.15, 0.2) is 17.3 Å². The zero-order valence-electron chi connectivity index (χ0n) is 7.99. The quantitative estimate of drug-likeness (QED) is 0.751. The maximum Gasteiger partial charge on any atom is 0.228 e. The van der Waals surface area contributed by atoms with Crippen LogP contribution in [0.5, 0.6) is 0 Å². The van der Waals surface area contributed by atoms with Gasteiger partial charge >= 0.3 is 0 Å². The number of hydrogen-bond donors (Lipinski definition) is 1. The minimum Gasteiger partial charge on any atom is -0.323 e. The molecule has 15 heavy (non-hydrogen) atoms. The Labute approximate surface area is 94.5 Å². The van der Waals surface area contributed by atoms with Gasteiger partial charge in [-0.1, -0.05) is 18.5 Å². The Bertz CT molecular complexity index is 450. The van der Waals surface area contributed by atoms with Crippen molar-refractivity contribution in [3.8, 4) is 0 Å². The molecule has 2 atom stereocenters. The fraction of sp³-hybridized carbons (Fsp3) is 0.333. The van der Waals surface area contributed by atoms with Crippen LogP contribution >= 0.6 is 11.6 Å². The Morgan fingerprint density at radius 2 is 2.40 bits per heavy atom. The van der Waals surface area contributed by atoms with E-state index in [1.807, 2.05) is 0 Å². The summed E-state index contributed by atoms with van der Waals surface area (Å²) in [7, 11) is -1.24. The maximum absolute atomic E-state index is 11.8. The lowest BCUT2D eigenvalue weighted by Gasteiger charge is -2.05. The number of nitrogens with zero attached hydrogens (tertiary/aromatic N) is 1. The predicted molar refractivity (Wildman–Crippen MR) is 58.3 cm³/mol. The van der Waals surface area contributed by atoms with Gasteiger partial charge in [0.05, 0.1) is 21.5 Å². The third-order valence-electron chi connectivity index (χ3n) is 2.14. The van der Waals surface area contributed by atoms with Crippen LogP contribution in [-0.2, 0) is 15.6 Å². The summed E-state index contributed by atoms with van der Waals surface area (Å²) in [5.41, 5.74) is 0.454. The molecule has 0 aliphatic carbocycles. The van der Waals surface area contributed by atoms with Gasteiger partial charge < -0.3 is 5.32 Å². The number of aromatic nitrogens is 1. The van der Waals surface area contributed by atoms with Crippen molar-refractivity contribution in [2.24, 2.45) is 5.92 Å². The molecule has 80 valence electrons. The monoisotopic (exact) mass is 244 g/mol.